The summed E-state index contributed by atoms with van der Waals surface area (Å²) in [5.74, 6) is 1.44. The maximum atomic E-state index is 6.07. The molecular formula is C14H15ClN2O2. The smallest absolute Gasteiger partial charge is 0.162 e. The van der Waals surface area contributed by atoms with Gasteiger partial charge in [0.05, 0.1) is 19.4 Å². The number of hydrogen-bond donors (Lipinski definition) is 0. The van der Waals surface area contributed by atoms with Gasteiger partial charge in [-0.15, -0.1) is 5.10 Å². The molecule has 1 aromatic heterocycles. The lowest BCUT2D eigenvalue weighted by Gasteiger charge is -2.16. The monoisotopic (exact) mass is 278 g/mol. The number of nitrogens with zero attached hydrogens (tertiary/aromatic N) is 2. The van der Waals surface area contributed by atoms with E-state index in [0.29, 0.717) is 10.9 Å². The molecule has 1 fully saturated rings. The number of rotatable bonds is 3. The molecule has 0 amide bonds. The minimum absolute atomic E-state index is 0.278. The first-order valence-corrected chi connectivity index (χ1v) is 6.81. The molecule has 0 bridgehead atoms. The summed E-state index contributed by atoms with van der Waals surface area (Å²) in [7, 11) is 1.64. The summed E-state index contributed by atoms with van der Waals surface area (Å²) in [5, 5.41) is 9.82. The van der Waals surface area contributed by atoms with Crippen LogP contribution in [-0.2, 0) is 0 Å². The molecule has 1 aliphatic carbocycles. The topological polar surface area (TPSA) is 44.2 Å². The molecule has 1 heterocycles. The lowest BCUT2D eigenvalue weighted by molar-refractivity contribution is 0.201. The van der Waals surface area contributed by atoms with Gasteiger partial charge in [-0.3, -0.25) is 0 Å². The average molecular weight is 279 g/mol. The second-order valence-corrected chi connectivity index (χ2v) is 5.11. The van der Waals surface area contributed by atoms with E-state index < -0.39 is 0 Å². The van der Waals surface area contributed by atoms with E-state index in [1.54, 1.807) is 13.3 Å². The quantitative estimate of drug-likeness (QED) is 0.860. The second kappa shape index (κ2) is 5.21. The van der Waals surface area contributed by atoms with Crippen molar-refractivity contribution in [3.8, 4) is 11.5 Å². The van der Waals surface area contributed by atoms with E-state index in [4.69, 9.17) is 21.1 Å². The largest absolute Gasteiger partial charge is 0.493 e. The Bertz CT molecular complexity index is 597. The molecule has 0 atom stereocenters. The molecule has 1 saturated carbocycles. The summed E-state index contributed by atoms with van der Waals surface area (Å²) in [6.45, 7) is 0. The molecule has 5 heteroatoms. The number of halogens is 1. The van der Waals surface area contributed by atoms with E-state index in [0.717, 1.165) is 29.4 Å². The zero-order valence-electron chi connectivity index (χ0n) is 10.7. The zero-order valence-corrected chi connectivity index (χ0v) is 11.5. The Morgan fingerprint density at radius 1 is 1.21 bits per heavy atom. The summed E-state index contributed by atoms with van der Waals surface area (Å²) >= 11 is 6.07. The maximum Gasteiger partial charge on any atom is 0.162 e. The fourth-order valence-corrected chi connectivity index (χ4v) is 2.70. The SMILES string of the molecule is COc1cc2cnnc(Cl)c2cc1OC1CCCC1. The predicted molar refractivity (Wildman–Crippen MR) is 74.0 cm³/mol. The highest BCUT2D eigenvalue weighted by atomic mass is 35.5. The first-order valence-electron chi connectivity index (χ1n) is 6.43. The third-order valence-corrected chi connectivity index (χ3v) is 3.78. The van der Waals surface area contributed by atoms with Crippen molar-refractivity contribution in [2.24, 2.45) is 0 Å². The molecule has 2 aromatic rings. The fraction of sp³-hybridized carbons (Fsp3) is 0.429. The average Bonchev–Trinajstić information content (AvgIpc) is 2.92. The van der Waals surface area contributed by atoms with Crippen molar-refractivity contribution in [1.82, 2.24) is 10.2 Å². The molecule has 0 unspecified atom stereocenters. The van der Waals surface area contributed by atoms with Gasteiger partial charge in [0.25, 0.3) is 0 Å². The summed E-state index contributed by atoms with van der Waals surface area (Å²) in [6.07, 6.45) is 6.61. The molecule has 4 nitrogen and oxygen atoms in total. The number of benzene rings is 1. The highest BCUT2D eigenvalue weighted by molar-refractivity contribution is 6.34. The first kappa shape index (κ1) is 12.5. The predicted octanol–water partition coefficient (Wildman–Crippen LogP) is 3.61. The van der Waals surface area contributed by atoms with Gasteiger partial charge in [-0.05, 0) is 37.8 Å². The van der Waals surface area contributed by atoms with E-state index in [2.05, 4.69) is 10.2 Å². The molecule has 3 rings (SSSR count). The fourth-order valence-electron chi connectivity index (χ4n) is 2.49. The van der Waals surface area contributed by atoms with Crippen molar-refractivity contribution < 1.29 is 9.47 Å². The van der Waals surface area contributed by atoms with Crippen LogP contribution in [0.4, 0.5) is 0 Å². The Kier molecular flexibility index (Phi) is 3.42. The molecule has 19 heavy (non-hydrogen) atoms. The molecule has 0 radical (unpaired) electrons. The maximum absolute atomic E-state index is 6.07. The molecule has 0 aliphatic heterocycles. The molecule has 1 aliphatic rings. The Hall–Kier alpha value is -1.55. The second-order valence-electron chi connectivity index (χ2n) is 4.75. The van der Waals surface area contributed by atoms with Gasteiger partial charge in [0.2, 0.25) is 0 Å². The molecule has 0 saturated heterocycles. The van der Waals surface area contributed by atoms with Crippen molar-refractivity contribution in [2.45, 2.75) is 31.8 Å². The van der Waals surface area contributed by atoms with Gasteiger partial charge in [0.1, 0.15) is 0 Å². The molecule has 1 aromatic carbocycles. The summed E-state index contributed by atoms with van der Waals surface area (Å²) in [5.41, 5.74) is 0. The van der Waals surface area contributed by atoms with Gasteiger partial charge in [0.15, 0.2) is 16.7 Å². The number of hydrogen-bond acceptors (Lipinski definition) is 4. The van der Waals surface area contributed by atoms with Crippen molar-refractivity contribution >= 4 is 22.4 Å². The third-order valence-electron chi connectivity index (χ3n) is 3.50. The number of ether oxygens (including phenoxy) is 2. The van der Waals surface area contributed by atoms with Crippen molar-refractivity contribution in [3.05, 3.63) is 23.5 Å². The summed E-state index contributed by atoms with van der Waals surface area (Å²) in [4.78, 5) is 0. The summed E-state index contributed by atoms with van der Waals surface area (Å²) < 4.78 is 11.4. The minimum atomic E-state index is 0.278. The van der Waals surface area contributed by atoms with Crippen LogP contribution < -0.4 is 9.47 Å². The lowest BCUT2D eigenvalue weighted by Crippen LogP contribution is -2.11. The van der Waals surface area contributed by atoms with E-state index in [1.165, 1.54) is 12.8 Å². The Balaban J connectivity index is 2.03. The number of fused-ring (bicyclic) bond motifs is 1. The Morgan fingerprint density at radius 2 is 2.00 bits per heavy atom. The van der Waals surface area contributed by atoms with Gasteiger partial charge in [-0.1, -0.05) is 11.6 Å². The van der Waals surface area contributed by atoms with Gasteiger partial charge < -0.3 is 9.47 Å². The normalized spacial score (nSPS) is 15.9. The van der Waals surface area contributed by atoms with E-state index in [1.807, 2.05) is 12.1 Å². The van der Waals surface area contributed by atoms with Crippen molar-refractivity contribution in [3.63, 3.8) is 0 Å². The molecule has 0 spiro atoms. The lowest BCUT2D eigenvalue weighted by atomic mass is 10.2. The van der Waals surface area contributed by atoms with Crippen LogP contribution in [0.2, 0.25) is 5.15 Å². The number of methoxy groups -OCH3 is 1. The molecule has 0 N–H and O–H groups in total. The van der Waals surface area contributed by atoms with Gasteiger partial charge >= 0.3 is 0 Å². The van der Waals surface area contributed by atoms with E-state index in [9.17, 15) is 0 Å². The highest BCUT2D eigenvalue weighted by Crippen LogP contribution is 2.36. The summed E-state index contributed by atoms with van der Waals surface area (Å²) in [6, 6.07) is 3.78. The minimum Gasteiger partial charge on any atom is -0.493 e. The van der Waals surface area contributed by atoms with Crippen LogP contribution in [0, 0.1) is 0 Å². The Morgan fingerprint density at radius 3 is 2.74 bits per heavy atom. The van der Waals surface area contributed by atoms with Crippen LogP contribution in [0.3, 0.4) is 0 Å². The third kappa shape index (κ3) is 2.45. The van der Waals surface area contributed by atoms with E-state index >= 15 is 0 Å². The standard InChI is InChI=1S/C14H15ClN2O2/c1-18-12-6-9-8-16-17-14(15)11(9)7-13(12)19-10-4-2-3-5-10/h6-8,10H,2-5H2,1H3. The van der Waals surface area contributed by atoms with Crippen molar-refractivity contribution in [2.75, 3.05) is 7.11 Å². The van der Waals surface area contributed by atoms with E-state index in [-0.39, 0.29) is 6.10 Å². The zero-order chi connectivity index (χ0) is 13.2. The van der Waals surface area contributed by atoms with Crippen LogP contribution in [0.25, 0.3) is 10.8 Å². The molecule has 100 valence electrons. The van der Waals surface area contributed by atoms with Crippen molar-refractivity contribution in [1.29, 1.82) is 0 Å². The van der Waals surface area contributed by atoms with Crippen LogP contribution in [0.1, 0.15) is 25.7 Å². The molecular weight excluding hydrogens is 264 g/mol. The van der Waals surface area contributed by atoms with Crippen LogP contribution in [-0.4, -0.2) is 23.4 Å². The Labute approximate surface area is 116 Å². The van der Waals surface area contributed by atoms with Gasteiger partial charge in [0, 0.05) is 10.8 Å². The van der Waals surface area contributed by atoms with Gasteiger partial charge in [-0.25, -0.2) is 0 Å². The number of aromatic nitrogens is 2. The van der Waals surface area contributed by atoms with Crippen LogP contribution >= 0.6 is 11.6 Å². The first-order chi connectivity index (χ1) is 9.28. The highest BCUT2D eigenvalue weighted by Gasteiger charge is 2.19. The van der Waals surface area contributed by atoms with Crippen LogP contribution in [0.15, 0.2) is 18.3 Å². The van der Waals surface area contributed by atoms with Crippen LogP contribution in [0.5, 0.6) is 11.5 Å². The van der Waals surface area contributed by atoms with Gasteiger partial charge in [-0.2, -0.15) is 5.10 Å².